The minimum atomic E-state index is -0.984. The summed E-state index contributed by atoms with van der Waals surface area (Å²) >= 11 is 0. The molecule has 0 aliphatic carbocycles. The lowest BCUT2D eigenvalue weighted by Crippen LogP contribution is -2.50. The molecule has 0 aromatic rings. The van der Waals surface area contributed by atoms with E-state index in [1.807, 2.05) is 20.8 Å². The van der Waals surface area contributed by atoms with E-state index >= 15 is 0 Å². The van der Waals surface area contributed by atoms with E-state index in [0.717, 1.165) is 6.29 Å². The van der Waals surface area contributed by atoms with Crippen LogP contribution < -0.4 is 0 Å². The summed E-state index contributed by atoms with van der Waals surface area (Å²) < 4.78 is 0. The molecule has 4 heteroatoms. The van der Waals surface area contributed by atoms with E-state index in [1.165, 1.54) is 4.90 Å². The van der Waals surface area contributed by atoms with E-state index in [4.69, 9.17) is 5.11 Å². The molecule has 0 bridgehead atoms. The van der Waals surface area contributed by atoms with Crippen molar-refractivity contribution in [3.8, 4) is 0 Å². The molecule has 0 rings (SSSR count). The number of nitrogens with zero attached hydrogens (tertiary/aromatic N) is 1. The molecule has 0 aromatic carbocycles. The SMILES string of the molecule is CC(CC=O)N(C(=O)O)C(C)(C)C. The summed E-state index contributed by atoms with van der Waals surface area (Å²) in [5.41, 5.74) is -0.464. The average Bonchev–Trinajstić information content (AvgIpc) is 1.82. The first-order valence-electron chi connectivity index (χ1n) is 4.26. The molecule has 1 unspecified atom stereocenters. The van der Waals surface area contributed by atoms with E-state index in [2.05, 4.69) is 0 Å². The molecule has 0 fully saturated rings. The van der Waals surface area contributed by atoms with Crippen molar-refractivity contribution >= 4 is 12.4 Å². The van der Waals surface area contributed by atoms with Crippen LogP contribution in [0.2, 0.25) is 0 Å². The molecule has 76 valence electrons. The van der Waals surface area contributed by atoms with Crippen molar-refractivity contribution in [2.24, 2.45) is 0 Å². The van der Waals surface area contributed by atoms with Crippen molar-refractivity contribution in [1.82, 2.24) is 4.90 Å². The van der Waals surface area contributed by atoms with Crippen molar-refractivity contribution in [3.05, 3.63) is 0 Å². The molecule has 0 radical (unpaired) electrons. The van der Waals surface area contributed by atoms with Gasteiger partial charge in [-0.25, -0.2) is 4.79 Å². The predicted octanol–water partition coefficient (Wildman–Crippen LogP) is 1.74. The van der Waals surface area contributed by atoms with E-state index in [-0.39, 0.29) is 12.5 Å². The Bertz CT molecular complexity index is 196. The quantitative estimate of drug-likeness (QED) is 0.685. The van der Waals surface area contributed by atoms with Crippen LogP contribution in [0.15, 0.2) is 0 Å². The summed E-state index contributed by atoms with van der Waals surface area (Å²) in [6.07, 6.45) is -0.00234. The number of hydrogen-bond donors (Lipinski definition) is 1. The maximum atomic E-state index is 10.9. The molecule has 0 spiro atoms. The van der Waals surface area contributed by atoms with Crippen molar-refractivity contribution in [2.75, 3.05) is 0 Å². The Balaban J connectivity index is 4.61. The number of amides is 1. The fourth-order valence-corrected chi connectivity index (χ4v) is 1.38. The second kappa shape index (κ2) is 4.25. The van der Waals surface area contributed by atoms with Gasteiger partial charge in [-0.15, -0.1) is 0 Å². The van der Waals surface area contributed by atoms with E-state index < -0.39 is 11.6 Å². The van der Waals surface area contributed by atoms with Crippen LogP contribution in [-0.2, 0) is 4.79 Å². The first-order valence-corrected chi connectivity index (χ1v) is 4.26. The van der Waals surface area contributed by atoms with Crippen LogP contribution in [0.3, 0.4) is 0 Å². The number of carbonyl (C=O) groups excluding carboxylic acids is 1. The minimum absolute atomic E-state index is 0.240. The first kappa shape index (κ1) is 11.9. The highest BCUT2D eigenvalue weighted by atomic mass is 16.4. The van der Waals surface area contributed by atoms with E-state index in [1.54, 1.807) is 6.92 Å². The molecule has 0 aliphatic heterocycles. The summed E-state index contributed by atoms with van der Waals surface area (Å²) in [6.45, 7) is 7.15. The largest absolute Gasteiger partial charge is 0.465 e. The van der Waals surface area contributed by atoms with Gasteiger partial charge in [0.1, 0.15) is 6.29 Å². The molecule has 0 heterocycles. The standard InChI is InChI=1S/C9H17NO3/c1-7(5-6-11)10(8(12)13)9(2,3)4/h6-7H,5H2,1-4H3,(H,12,13). The monoisotopic (exact) mass is 187 g/mol. The Hall–Kier alpha value is -1.06. The molecular formula is C9H17NO3. The average molecular weight is 187 g/mol. The summed E-state index contributed by atoms with van der Waals surface area (Å²) in [6, 6.07) is -0.269. The van der Waals surface area contributed by atoms with Crippen molar-refractivity contribution in [1.29, 1.82) is 0 Å². The van der Waals surface area contributed by atoms with Crippen molar-refractivity contribution < 1.29 is 14.7 Å². The van der Waals surface area contributed by atoms with Gasteiger partial charge in [-0.05, 0) is 27.7 Å². The number of aldehydes is 1. The highest BCUT2D eigenvalue weighted by Gasteiger charge is 2.30. The predicted molar refractivity (Wildman–Crippen MR) is 49.8 cm³/mol. The smallest absolute Gasteiger partial charge is 0.407 e. The molecule has 13 heavy (non-hydrogen) atoms. The lowest BCUT2D eigenvalue weighted by atomic mass is 10.0. The van der Waals surface area contributed by atoms with Gasteiger partial charge in [0.05, 0.1) is 0 Å². The minimum Gasteiger partial charge on any atom is -0.465 e. The van der Waals surface area contributed by atoms with Crippen LogP contribution in [0, 0.1) is 0 Å². The number of hydrogen-bond acceptors (Lipinski definition) is 2. The highest BCUT2D eigenvalue weighted by Crippen LogP contribution is 2.18. The maximum absolute atomic E-state index is 10.9. The van der Waals surface area contributed by atoms with Crippen molar-refractivity contribution in [2.45, 2.75) is 45.7 Å². The summed E-state index contributed by atoms with van der Waals surface area (Å²) in [7, 11) is 0. The zero-order valence-corrected chi connectivity index (χ0v) is 8.57. The zero-order chi connectivity index (χ0) is 10.6. The lowest BCUT2D eigenvalue weighted by molar-refractivity contribution is -0.108. The molecule has 4 nitrogen and oxygen atoms in total. The second-order valence-electron chi connectivity index (χ2n) is 4.07. The third-order valence-corrected chi connectivity index (χ3v) is 1.81. The molecule has 1 N–H and O–H groups in total. The highest BCUT2D eigenvalue weighted by molar-refractivity contribution is 5.67. The van der Waals surface area contributed by atoms with Crippen LogP contribution in [0.4, 0.5) is 4.79 Å². The fourth-order valence-electron chi connectivity index (χ4n) is 1.38. The number of carboxylic acid groups (broad SMARTS) is 1. The van der Waals surface area contributed by atoms with Crippen LogP contribution in [0.1, 0.15) is 34.1 Å². The maximum Gasteiger partial charge on any atom is 0.407 e. The summed E-state index contributed by atoms with van der Waals surface area (Å²) in [5, 5.41) is 8.92. The van der Waals surface area contributed by atoms with E-state index in [9.17, 15) is 9.59 Å². The van der Waals surface area contributed by atoms with Gasteiger partial charge in [0.2, 0.25) is 0 Å². The second-order valence-corrected chi connectivity index (χ2v) is 4.07. The van der Waals surface area contributed by atoms with Crippen molar-refractivity contribution in [3.63, 3.8) is 0 Å². The fraction of sp³-hybridized carbons (Fsp3) is 0.778. The topological polar surface area (TPSA) is 57.6 Å². The Morgan fingerprint density at radius 3 is 2.23 bits per heavy atom. The first-order chi connectivity index (χ1) is 5.80. The number of rotatable bonds is 3. The Kier molecular flexibility index (Phi) is 3.91. The molecule has 1 amide bonds. The molecule has 0 saturated heterocycles. The van der Waals surface area contributed by atoms with Gasteiger partial charge >= 0.3 is 6.09 Å². The van der Waals surface area contributed by atoms with Gasteiger partial charge in [0, 0.05) is 18.0 Å². The third-order valence-electron chi connectivity index (χ3n) is 1.81. The number of carbonyl (C=O) groups is 2. The Morgan fingerprint density at radius 1 is 1.54 bits per heavy atom. The molecule has 1 atom stereocenters. The Labute approximate surface area is 78.5 Å². The third kappa shape index (κ3) is 3.44. The van der Waals surface area contributed by atoms with Gasteiger partial charge in [0.15, 0.2) is 0 Å². The van der Waals surface area contributed by atoms with Crippen LogP contribution >= 0.6 is 0 Å². The van der Waals surface area contributed by atoms with Crippen LogP contribution in [0.5, 0.6) is 0 Å². The van der Waals surface area contributed by atoms with Gasteiger partial charge in [-0.3, -0.25) is 0 Å². The molecule has 0 aromatic heterocycles. The molecule has 0 aliphatic rings. The van der Waals surface area contributed by atoms with Gasteiger partial charge in [-0.2, -0.15) is 0 Å². The molecular weight excluding hydrogens is 170 g/mol. The van der Waals surface area contributed by atoms with Gasteiger partial charge < -0.3 is 14.8 Å². The normalized spacial score (nSPS) is 13.5. The zero-order valence-electron chi connectivity index (χ0n) is 8.57. The van der Waals surface area contributed by atoms with Crippen LogP contribution in [-0.4, -0.2) is 34.0 Å². The lowest BCUT2D eigenvalue weighted by Gasteiger charge is -2.37. The van der Waals surface area contributed by atoms with Crippen LogP contribution in [0.25, 0.3) is 0 Å². The van der Waals surface area contributed by atoms with Gasteiger partial charge in [0.25, 0.3) is 0 Å². The summed E-state index contributed by atoms with van der Waals surface area (Å²) in [5.74, 6) is 0. The van der Waals surface area contributed by atoms with Gasteiger partial charge in [-0.1, -0.05) is 0 Å². The van der Waals surface area contributed by atoms with E-state index in [0.29, 0.717) is 0 Å². The summed E-state index contributed by atoms with van der Waals surface area (Å²) in [4.78, 5) is 22.4. The molecule has 0 saturated carbocycles. The Morgan fingerprint density at radius 2 is 2.00 bits per heavy atom.